The fourth-order valence-corrected chi connectivity index (χ4v) is 4.79. The van der Waals surface area contributed by atoms with Crippen LogP contribution in [0.1, 0.15) is 23.1 Å². The van der Waals surface area contributed by atoms with Gasteiger partial charge in [-0.05, 0) is 47.4 Å². The molecule has 0 aromatic heterocycles. The maximum atomic E-state index is 12.7. The summed E-state index contributed by atoms with van der Waals surface area (Å²) in [7, 11) is -3.58. The van der Waals surface area contributed by atoms with E-state index in [1.807, 2.05) is 0 Å². The number of nitrogens with zero attached hydrogens (tertiary/aromatic N) is 1. The minimum atomic E-state index is -3.58. The Balaban J connectivity index is 1.57. The Morgan fingerprint density at radius 3 is 2.03 bits per heavy atom. The lowest BCUT2D eigenvalue weighted by Gasteiger charge is -2.07. The van der Waals surface area contributed by atoms with Crippen molar-refractivity contribution in [1.29, 1.82) is 0 Å². The lowest BCUT2D eigenvalue weighted by atomic mass is 10.0. The number of Topliss-reactive ketones (excluding diaryl/α,β-unsaturated/α-hetero) is 1. The van der Waals surface area contributed by atoms with Gasteiger partial charge in [0.2, 0.25) is 0 Å². The predicted molar refractivity (Wildman–Crippen MR) is 124 cm³/mol. The highest BCUT2D eigenvalue weighted by molar-refractivity contribution is 7.90. The first kappa shape index (κ1) is 23.9. The number of sulfone groups is 1. The number of hydrogen-bond donors (Lipinski definition) is 0. The number of carbonyl (C=O) groups excluding carboxylic acids is 1. The summed E-state index contributed by atoms with van der Waals surface area (Å²) in [5, 5.41) is 11.3. The van der Waals surface area contributed by atoms with Crippen molar-refractivity contribution in [2.24, 2.45) is 0 Å². The van der Waals surface area contributed by atoms with E-state index in [1.165, 1.54) is 30.3 Å². The molecule has 0 saturated heterocycles. The Hall–Kier alpha value is -2.74. The molecule has 0 N–H and O–H groups in total. The van der Waals surface area contributed by atoms with Crippen LogP contribution in [-0.2, 0) is 33.2 Å². The second-order valence-electron chi connectivity index (χ2n) is 7.29. The smallest absolute Gasteiger partial charge is 0.269 e. The summed E-state index contributed by atoms with van der Waals surface area (Å²) in [6.07, 6.45) is 0.947. The molecule has 0 spiro atoms. The summed E-state index contributed by atoms with van der Waals surface area (Å²) >= 11 is 11.8. The minimum Gasteiger partial charge on any atom is -0.299 e. The first-order valence-electron chi connectivity index (χ1n) is 9.65. The Morgan fingerprint density at radius 1 is 0.844 bits per heavy atom. The van der Waals surface area contributed by atoms with Gasteiger partial charge in [0.1, 0.15) is 5.78 Å². The summed E-state index contributed by atoms with van der Waals surface area (Å²) in [5.74, 6) is -0.216. The predicted octanol–water partition coefficient (Wildman–Crippen LogP) is 5.62. The van der Waals surface area contributed by atoms with Crippen LogP contribution < -0.4 is 0 Å². The molecule has 0 aliphatic heterocycles. The van der Waals surface area contributed by atoms with Crippen molar-refractivity contribution in [1.82, 2.24) is 0 Å². The van der Waals surface area contributed by atoms with Gasteiger partial charge in [0.05, 0.1) is 25.6 Å². The molecule has 3 aromatic carbocycles. The molecule has 0 aliphatic carbocycles. The lowest BCUT2D eigenvalue weighted by molar-refractivity contribution is -0.384. The second kappa shape index (κ2) is 10.3. The monoisotopic (exact) mass is 491 g/mol. The van der Waals surface area contributed by atoms with E-state index in [2.05, 4.69) is 0 Å². The standard InChI is InChI=1S/C23H19Cl2NO5S/c24-22-12-6-18(14-23(22)25)15-32(30,31)21-10-4-17(5-11-21)13-20(27)9-3-16-1-7-19(8-2-16)26(28)29/h1-2,4-8,10-12,14H,3,9,13,15H2. The van der Waals surface area contributed by atoms with Gasteiger partial charge in [0.25, 0.3) is 5.69 Å². The third-order valence-electron chi connectivity index (χ3n) is 4.86. The van der Waals surface area contributed by atoms with Gasteiger partial charge in [-0.15, -0.1) is 0 Å². The van der Waals surface area contributed by atoms with Gasteiger partial charge in [-0.2, -0.15) is 0 Å². The average Bonchev–Trinajstić information content (AvgIpc) is 2.75. The average molecular weight is 492 g/mol. The van der Waals surface area contributed by atoms with E-state index in [1.54, 1.807) is 36.4 Å². The fourth-order valence-electron chi connectivity index (χ4n) is 3.13. The molecule has 6 nitrogen and oxygen atoms in total. The maximum absolute atomic E-state index is 12.7. The molecule has 0 atom stereocenters. The van der Waals surface area contributed by atoms with Crippen molar-refractivity contribution in [2.75, 3.05) is 0 Å². The van der Waals surface area contributed by atoms with Crippen molar-refractivity contribution in [3.8, 4) is 0 Å². The molecule has 9 heteroatoms. The van der Waals surface area contributed by atoms with E-state index < -0.39 is 14.8 Å². The molecule has 3 aromatic rings. The molecule has 0 bridgehead atoms. The largest absolute Gasteiger partial charge is 0.299 e. The highest BCUT2D eigenvalue weighted by Gasteiger charge is 2.16. The Labute approximate surface area is 195 Å². The zero-order valence-electron chi connectivity index (χ0n) is 16.8. The van der Waals surface area contributed by atoms with Crippen molar-refractivity contribution < 1.29 is 18.1 Å². The first-order chi connectivity index (χ1) is 15.1. The normalized spacial score (nSPS) is 11.3. The first-order valence-corrected chi connectivity index (χ1v) is 12.1. The van der Waals surface area contributed by atoms with Crippen LogP contribution in [0, 0.1) is 10.1 Å². The van der Waals surface area contributed by atoms with Gasteiger partial charge in [-0.25, -0.2) is 8.42 Å². The summed E-state index contributed by atoms with van der Waals surface area (Å²) < 4.78 is 25.3. The Kier molecular flexibility index (Phi) is 7.66. The molecule has 0 heterocycles. The van der Waals surface area contributed by atoms with Gasteiger partial charge in [-0.3, -0.25) is 14.9 Å². The number of non-ortho nitro benzene ring substituents is 1. The van der Waals surface area contributed by atoms with Crippen molar-refractivity contribution in [3.05, 3.63) is 104 Å². The Morgan fingerprint density at radius 2 is 1.44 bits per heavy atom. The minimum absolute atomic E-state index is 0.00485. The molecular weight excluding hydrogens is 473 g/mol. The highest BCUT2D eigenvalue weighted by atomic mass is 35.5. The summed E-state index contributed by atoms with van der Waals surface area (Å²) in [4.78, 5) is 22.7. The number of hydrogen-bond acceptors (Lipinski definition) is 5. The van der Waals surface area contributed by atoms with Crippen molar-refractivity contribution >= 4 is 44.5 Å². The number of nitro groups is 1. The van der Waals surface area contributed by atoms with E-state index >= 15 is 0 Å². The number of carbonyl (C=O) groups is 1. The molecule has 32 heavy (non-hydrogen) atoms. The highest BCUT2D eigenvalue weighted by Crippen LogP contribution is 2.25. The van der Waals surface area contributed by atoms with E-state index in [9.17, 15) is 23.3 Å². The number of aryl methyl sites for hydroxylation is 1. The fraction of sp³-hybridized carbons (Fsp3) is 0.174. The zero-order valence-corrected chi connectivity index (χ0v) is 19.2. The molecule has 0 radical (unpaired) electrons. The van der Waals surface area contributed by atoms with Crippen molar-refractivity contribution in [2.45, 2.75) is 29.9 Å². The molecule has 0 unspecified atom stereocenters. The number of benzene rings is 3. The van der Waals surface area contributed by atoms with Crippen LogP contribution >= 0.6 is 23.2 Å². The van der Waals surface area contributed by atoms with Crippen LogP contribution in [-0.4, -0.2) is 19.1 Å². The van der Waals surface area contributed by atoms with E-state index in [-0.39, 0.29) is 35.0 Å². The van der Waals surface area contributed by atoms with Gasteiger partial charge in [0, 0.05) is 25.0 Å². The van der Waals surface area contributed by atoms with E-state index in [0.29, 0.717) is 27.6 Å². The molecule has 0 aliphatic rings. The summed E-state index contributed by atoms with van der Waals surface area (Å²) in [6.45, 7) is 0. The number of ketones is 1. The van der Waals surface area contributed by atoms with Gasteiger partial charge in [-0.1, -0.05) is 53.5 Å². The maximum Gasteiger partial charge on any atom is 0.269 e. The van der Waals surface area contributed by atoms with Crippen LogP contribution in [0.2, 0.25) is 10.0 Å². The molecule has 166 valence electrons. The Bertz CT molecular complexity index is 1240. The van der Waals surface area contributed by atoms with E-state index in [0.717, 1.165) is 5.56 Å². The van der Waals surface area contributed by atoms with Crippen LogP contribution in [0.5, 0.6) is 0 Å². The summed E-state index contributed by atoms with van der Waals surface area (Å²) in [5.41, 5.74) is 2.10. The third-order valence-corrected chi connectivity index (χ3v) is 7.31. The topological polar surface area (TPSA) is 94.3 Å². The molecular formula is C23H19Cl2NO5S. The molecule has 0 fully saturated rings. The number of rotatable bonds is 9. The van der Waals surface area contributed by atoms with Crippen LogP contribution in [0.15, 0.2) is 71.6 Å². The molecule has 0 saturated carbocycles. The van der Waals surface area contributed by atoms with Crippen LogP contribution in [0.25, 0.3) is 0 Å². The SMILES string of the molecule is O=C(CCc1ccc([N+](=O)[O-])cc1)Cc1ccc(S(=O)(=O)Cc2ccc(Cl)c(Cl)c2)cc1. The quantitative estimate of drug-likeness (QED) is 0.286. The molecule has 3 rings (SSSR count). The van der Waals surface area contributed by atoms with Gasteiger partial charge in [0.15, 0.2) is 9.84 Å². The van der Waals surface area contributed by atoms with E-state index in [4.69, 9.17) is 23.2 Å². The van der Waals surface area contributed by atoms with Gasteiger partial charge >= 0.3 is 0 Å². The number of halogens is 2. The molecule has 0 amide bonds. The zero-order chi connectivity index (χ0) is 23.3. The lowest BCUT2D eigenvalue weighted by Crippen LogP contribution is -2.07. The van der Waals surface area contributed by atoms with Crippen LogP contribution in [0.3, 0.4) is 0 Å². The third kappa shape index (κ3) is 6.38. The van der Waals surface area contributed by atoms with Crippen molar-refractivity contribution in [3.63, 3.8) is 0 Å². The van der Waals surface area contributed by atoms with Gasteiger partial charge < -0.3 is 0 Å². The second-order valence-corrected chi connectivity index (χ2v) is 10.1. The number of nitro benzene ring substituents is 1. The summed E-state index contributed by atoms with van der Waals surface area (Å²) in [6, 6.07) is 17.0. The van der Waals surface area contributed by atoms with Crippen LogP contribution in [0.4, 0.5) is 5.69 Å².